The van der Waals surface area contributed by atoms with Gasteiger partial charge in [-0.25, -0.2) is 8.78 Å². The zero-order chi connectivity index (χ0) is 13.0. The lowest BCUT2D eigenvalue weighted by molar-refractivity contribution is 0.426. The molecule has 0 aliphatic carbocycles. The fourth-order valence-corrected chi connectivity index (χ4v) is 2.25. The summed E-state index contributed by atoms with van der Waals surface area (Å²) in [4.78, 5) is 0. The Kier molecular flexibility index (Phi) is 5.53. The maximum atomic E-state index is 13.8. The predicted octanol–water partition coefficient (Wildman–Crippen LogP) is 3.90. The highest BCUT2D eigenvalue weighted by Crippen LogP contribution is 2.23. The van der Waals surface area contributed by atoms with Crippen LogP contribution in [0.3, 0.4) is 0 Å². The lowest BCUT2D eigenvalue weighted by atomic mass is 9.97. The van der Waals surface area contributed by atoms with Crippen molar-refractivity contribution >= 4 is 15.9 Å². The third kappa shape index (κ3) is 4.03. The molecule has 1 rings (SSSR count). The van der Waals surface area contributed by atoms with Crippen molar-refractivity contribution in [2.45, 2.75) is 32.7 Å². The minimum absolute atomic E-state index is 0.0910. The van der Waals surface area contributed by atoms with E-state index in [1.807, 2.05) is 7.05 Å². The Labute approximate surface area is 110 Å². The highest BCUT2D eigenvalue weighted by molar-refractivity contribution is 9.10. The summed E-state index contributed by atoms with van der Waals surface area (Å²) in [5.74, 6) is -0.477. The fraction of sp³-hybridized carbons (Fsp3) is 0.538. The zero-order valence-electron chi connectivity index (χ0n) is 10.4. The molecular weight excluding hydrogens is 288 g/mol. The molecule has 1 N–H and O–H groups in total. The molecule has 0 aliphatic heterocycles. The fourth-order valence-electron chi connectivity index (χ4n) is 1.87. The Morgan fingerprint density at radius 3 is 2.47 bits per heavy atom. The van der Waals surface area contributed by atoms with Crippen molar-refractivity contribution in [3.8, 4) is 0 Å². The third-order valence-corrected chi connectivity index (χ3v) is 3.37. The van der Waals surface area contributed by atoms with Crippen LogP contribution in [0, 0.1) is 17.6 Å². The quantitative estimate of drug-likeness (QED) is 0.814. The average Bonchev–Trinajstić information content (AvgIpc) is 2.27. The lowest BCUT2D eigenvalue weighted by Crippen LogP contribution is -2.29. The molecule has 0 heterocycles. The summed E-state index contributed by atoms with van der Waals surface area (Å²) in [6, 6.07) is 2.78. The van der Waals surface area contributed by atoms with Crippen molar-refractivity contribution in [1.82, 2.24) is 5.32 Å². The zero-order valence-corrected chi connectivity index (χ0v) is 11.9. The number of likely N-dealkylation sites (N-methyl/N-ethyl adjacent to an activating group) is 1. The van der Waals surface area contributed by atoms with Crippen LogP contribution in [0.15, 0.2) is 16.6 Å². The minimum Gasteiger partial charge on any atom is -0.317 e. The number of halogens is 3. The summed E-state index contributed by atoms with van der Waals surface area (Å²) in [7, 11) is 1.82. The van der Waals surface area contributed by atoms with E-state index in [-0.39, 0.29) is 11.6 Å². The first kappa shape index (κ1) is 14.6. The number of nitrogens with one attached hydrogen (secondary N) is 1. The average molecular weight is 306 g/mol. The summed E-state index contributed by atoms with van der Waals surface area (Å²) in [6.45, 7) is 4.19. The molecule has 0 aliphatic rings. The first-order valence-corrected chi connectivity index (χ1v) is 6.54. The number of rotatable bonds is 5. The van der Waals surface area contributed by atoms with E-state index < -0.39 is 11.6 Å². The summed E-state index contributed by atoms with van der Waals surface area (Å²) in [6.07, 6.45) is 1.26. The Balaban J connectivity index is 2.89. The van der Waals surface area contributed by atoms with Gasteiger partial charge in [-0.1, -0.05) is 13.8 Å². The molecule has 96 valence electrons. The second-order valence-corrected chi connectivity index (χ2v) is 5.50. The van der Waals surface area contributed by atoms with E-state index in [2.05, 4.69) is 35.1 Å². The van der Waals surface area contributed by atoms with Crippen LogP contribution < -0.4 is 5.32 Å². The highest BCUT2D eigenvalue weighted by Gasteiger charge is 2.17. The maximum Gasteiger partial charge on any atom is 0.143 e. The van der Waals surface area contributed by atoms with Crippen molar-refractivity contribution in [2.24, 2.45) is 5.92 Å². The molecule has 1 nitrogen and oxygen atoms in total. The van der Waals surface area contributed by atoms with Crippen molar-refractivity contribution in [1.29, 1.82) is 0 Å². The molecular formula is C13H18BrF2N. The highest BCUT2D eigenvalue weighted by atomic mass is 79.9. The number of hydrogen-bond acceptors (Lipinski definition) is 1. The molecule has 0 fully saturated rings. The van der Waals surface area contributed by atoms with Gasteiger partial charge in [-0.2, -0.15) is 0 Å². The van der Waals surface area contributed by atoms with Crippen LogP contribution >= 0.6 is 15.9 Å². The van der Waals surface area contributed by atoms with Crippen molar-refractivity contribution in [2.75, 3.05) is 7.05 Å². The molecule has 17 heavy (non-hydrogen) atoms. The van der Waals surface area contributed by atoms with E-state index in [1.165, 1.54) is 12.1 Å². The number of hydrogen-bond donors (Lipinski definition) is 1. The summed E-state index contributed by atoms with van der Waals surface area (Å²) < 4.78 is 27.7. The molecule has 1 aromatic carbocycles. The Morgan fingerprint density at radius 2 is 1.94 bits per heavy atom. The third-order valence-electron chi connectivity index (χ3n) is 2.75. The van der Waals surface area contributed by atoms with Gasteiger partial charge < -0.3 is 5.32 Å². The molecule has 0 radical (unpaired) electrons. The van der Waals surface area contributed by atoms with E-state index >= 15 is 0 Å². The van der Waals surface area contributed by atoms with Gasteiger partial charge in [-0.05, 0) is 53.9 Å². The predicted molar refractivity (Wildman–Crippen MR) is 70.1 cm³/mol. The Hall–Kier alpha value is -0.480. The van der Waals surface area contributed by atoms with E-state index in [9.17, 15) is 8.78 Å². The monoisotopic (exact) mass is 305 g/mol. The Morgan fingerprint density at radius 1 is 1.29 bits per heavy atom. The van der Waals surface area contributed by atoms with E-state index in [0.29, 0.717) is 16.8 Å². The van der Waals surface area contributed by atoms with Gasteiger partial charge >= 0.3 is 0 Å². The van der Waals surface area contributed by atoms with Gasteiger partial charge in [0.2, 0.25) is 0 Å². The van der Waals surface area contributed by atoms with Gasteiger partial charge in [0.1, 0.15) is 11.6 Å². The molecule has 0 saturated carbocycles. The van der Waals surface area contributed by atoms with Crippen LogP contribution in [0.25, 0.3) is 0 Å². The van der Waals surface area contributed by atoms with Gasteiger partial charge in [0.25, 0.3) is 0 Å². The molecule has 1 atom stereocenters. The normalized spacial score (nSPS) is 13.1. The van der Waals surface area contributed by atoms with E-state index in [0.717, 1.165) is 6.42 Å². The smallest absolute Gasteiger partial charge is 0.143 e. The van der Waals surface area contributed by atoms with Gasteiger partial charge in [0.15, 0.2) is 0 Å². The standard InChI is InChI=1S/C13H18BrF2N/c1-8(2)6-9(17-3)7-10-12(15)5-4-11(14)13(10)16/h4-5,8-9,17H,6-7H2,1-3H3. The van der Waals surface area contributed by atoms with Gasteiger partial charge in [0.05, 0.1) is 4.47 Å². The molecule has 1 aromatic rings. The molecule has 0 bridgehead atoms. The van der Waals surface area contributed by atoms with Gasteiger partial charge in [-0.15, -0.1) is 0 Å². The van der Waals surface area contributed by atoms with Crippen molar-refractivity contribution < 1.29 is 8.78 Å². The van der Waals surface area contributed by atoms with Crippen LogP contribution in [0.4, 0.5) is 8.78 Å². The van der Waals surface area contributed by atoms with E-state index in [1.54, 1.807) is 0 Å². The van der Waals surface area contributed by atoms with Gasteiger partial charge in [-0.3, -0.25) is 0 Å². The van der Waals surface area contributed by atoms with Crippen molar-refractivity contribution in [3.05, 3.63) is 33.8 Å². The Bertz CT molecular complexity index is 380. The first-order valence-electron chi connectivity index (χ1n) is 5.75. The minimum atomic E-state index is -0.492. The topological polar surface area (TPSA) is 12.0 Å². The van der Waals surface area contributed by atoms with Crippen molar-refractivity contribution in [3.63, 3.8) is 0 Å². The molecule has 0 spiro atoms. The molecule has 0 saturated heterocycles. The van der Waals surface area contributed by atoms with Gasteiger partial charge in [0, 0.05) is 11.6 Å². The van der Waals surface area contributed by atoms with Crippen LogP contribution in [0.5, 0.6) is 0 Å². The van der Waals surface area contributed by atoms with Crippen LogP contribution in [0.2, 0.25) is 0 Å². The second-order valence-electron chi connectivity index (χ2n) is 4.64. The number of benzene rings is 1. The van der Waals surface area contributed by atoms with Crippen LogP contribution in [-0.4, -0.2) is 13.1 Å². The maximum absolute atomic E-state index is 13.8. The molecule has 0 aromatic heterocycles. The summed E-state index contributed by atoms with van der Waals surface area (Å²) in [5.41, 5.74) is 0.152. The van der Waals surface area contributed by atoms with E-state index in [4.69, 9.17) is 0 Å². The molecule has 0 amide bonds. The lowest BCUT2D eigenvalue weighted by Gasteiger charge is -2.19. The van der Waals surface area contributed by atoms with Crippen LogP contribution in [0.1, 0.15) is 25.8 Å². The van der Waals surface area contributed by atoms with Crippen LogP contribution in [-0.2, 0) is 6.42 Å². The second kappa shape index (κ2) is 6.45. The first-order chi connectivity index (χ1) is 7.95. The largest absolute Gasteiger partial charge is 0.317 e. The SMILES string of the molecule is CNC(Cc1c(F)ccc(Br)c1F)CC(C)C. The molecule has 1 unspecified atom stereocenters. The summed E-state index contributed by atoms with van der Waals surface area (Å²) >= 11 is 3.08. The summed E-state index contributed by atoms with van der Waals surface area (Å²) in [5, 5.41) is 3.11. The molecule has 4 heteroatoms.